The van der Waals surface area contributed by atoms with Gasteiger partial charge in [-0.3, -0.25) is 13.9 Å². The third kappa shape index (κ3) is 8.93. The number of sulfonamides is 1. The fraction of sp³-hybridized carbons (Fsp3) is 0.481. The fourth-order valence-electron chi connectivity index (χ4n) is 4.05. The number of benzene rings is 2. The fourth-order valence-corrected chi connectivity index (χ4v) is 5.23. The Kier molecular flexibility index (Phi) is 11.7. The van der Waals surface area contributed by atoms with Gasteiger partial charge in [0.2, 0.25) is 21.8 Å². The quantitative estimate of drug-likeness (QED) is 0.372. The summed E-state index contributed by atoms with van der Waals surface area (Å²) in [5.41, 5.74) is 2.12. The molecule has 2 rings (SSSR count). The van der Waals surface area contributed by atoms with Crippen LogP contribution in [-0.4, -0.2) is 57.6 Å². The first-order valence-corrected chi connectivity index (χ1v) is 14.7. The largest absolute Gasteiger partial charge is 0.497 e. The van der Waals surface area contributed by atoms with Crippen molar-refractivity contribution in [3.8, 4) is 5.75 Å². The standard InChI is InChI=1S/C27H38ClN3O5S/c1-6-16-29-27(33)24(7-2)30(19-21-11-14-23(36-4)15-12-21)26(32)9-8-17-31(37(5,34)35)25-18-22(28)13-10-20(25)3/h10-15,18,24H,6-9,16-17,19H2,1-5H3,(H,29,33). The third-order valence-electron chi connectivity index (χ3n) is 6.04. The van der Waals surface area contributed by atoms with E-state index in [4.69, 9.17) is 16.3 Å². The number of aryl methyl sites for hydroxylation is 1. The van der Waals surface area contributed by atoms with Crippen molar-refractivity contribution in [1.29, 1.82) is 0 Å². The molecule has 0 fully saturated rings. The normalized spacial score (nSPS) is 12.1. The summed E-state index contributed by atoms with van der Waals surface area (Å²) < 4.78 is 31.6. The maximum Gasteiger partial charge on any atom is 0.242 e. The highest BCUT2D eigenvalue weighted by atomic mass is 35.5. The van der Waals surface area contributed by atoms with Crippen LogP contribution < -0.4 is 14.4 Å². The molecule has 204 valence electrons. The van der Waals surface area contributed by atoms with Crippen LogP contribution in [0.15, 0.2) is 42.5 Å². The number of carbonyl (C=O) groups is 2. The molecule has 0 aliphatic heterocycles. The number of amides is 2. The number of nitrogens with one attached hydrogen (secondary N) is 1. The minimum atomic E-state index is -3.60. The minimum Gasteiger partial charge on any atom is -0.497 e. The topological polar surface area (TPSA) is 96.0 Å². The molecule has 8 nitrogen and oxygen atoms in total. The minimum absolute atomic E-state index is 0.0827. The van der Waals surface area contributed by atoms with E-state index < -0.39 is 16.1 Å². The average molecular weight is 552 g/mol. The van der Waals surface area contributed by atoms with Gasteiger partial charge in [-0.05, 0) is 61.6 Å². The Bertz CT molecular complexity index is 1160. The number of carbonyl (C=O) groups excluding carboxylic acids is 2. The number of anilines is 1. The summed E-state index contributed by atoms with van der Waals surface area (Å²) in [4.78, 5) is 28.0. The molecule has 0 aromatic heterocycles. The molecule has 1 atom stereocenters. The van der Waals surface area contributed by atoms with E-state index in [0.29, 0.717) is 29.4 Å². The van der Waals surface area contributed by atoms with Gasteiger partial charge in [-0.1, -0.05) is 43.6 Å². The summed E-state index contributed by atoms with van der Waals surface area (Å²) in [6.45, 7) is 6.55. The van der Waals surface area contributed by atoms with Gasteiger partial charge in [-0.15, -0.1) is 0 Å². The second kappa shape index (κ2) is 14.2. The molecule has 10 heteroatoms. The molecule has 2 aromatic rings. The monoisotopic (exact) mass is 551 g/mol. The molecule has 1 N–H and O–H groups in total. The van der Waals surface area contributed by atoms with Crippen molar-refractivity contribution in [2.24, 2.45) is 0 Å². The molecule has 0 aliphatic rings. The van der Waals surface area contributed by atoms with Gasteiger partial charge in [0.15, 0.2) is 0 Å². The molecule has 0 bridgehead atoms. The highest BCUT2D eigenvalue weighted by Crippen LogP contribution is 2.27. The lowest BCUT2D eigenvalue weighted by Crippen LogP contribution is -2.49. The summed E-state index contributed by atoms with van der Waals surface area (Å²) in [5.74, 6) is 0.288. The number of ether oxygens (including phenoxy) is 1. The molecule has 1 unspecified atom stereocenters. The summed E-state index contributed by atoms with van der Waals surface area (Å²) in [6.07, 6.45) is 2.74. The van der Waals surface area contributed by atoms with Crippen LogP contribution in [0.1, 0.15) is 50.7 Å². The van der Waals surface area contributed by atoms with Crippen molar-refractivity contribution >= 4 is 39.1 Å². The first-order valence-electron chi connectivity index (χ1n) is 12.5. The molecule has 2 aromatic carbocycles. The molecular weight excluding hydrogens is 514 g/mol. The van der Waals surface area contributed by atoms with Crippen LogP contribution in [0.2, 0.25) is 5.02 Å². The Morgan fingerprint density at radius 2 is 1.78 bits per heavy atom. The lowest BCUT2D eigenvalue weighted by molar-refractivity contribution is -0.141. The Morgan fingerprint density at radius 1 is 1.11 bits per heavy atom. The lowest BCUT2D eigenvalue weighted by Gasteiger charge is -2.31. The Labute approximate surface area is 226 Å². The summed E-state index contributed by atoms with van der Waals surface area (Å²) in [6, 6.07) is 11.8. The number of hydrogen-bond acceptors (Lipinski definition) is 5. The van der Waals surface area contributed by atoms with E-state index in [1.165, 1.54) is 4.31 Å². The van der Waals surface area contributed by atoms with Crippen LogP contribution in [0.3, 0.4) is 0 Å². The van der Waals surface area contributed by atoms with E-state index in [9.17, 15) is 18.0 Å². The van der Waals surface area contributed by atoms with E-state index in [1.54, 1.807) is 30.2 Å². The summed E-state index contributed by atoms with van der Waals surface area (Å²) in [7, 11) is -2.02. The van der Waals surface area contributed by atoms with Gasteiger partial charge < -0.3 is 15.0 Å². The van der Waals surface area contributed by atoms with Gasteiger partial charge in [-0.25, -0.2) is 8.42 Å². The van der Waals surface area contributed by atoms with E-state index >= 15 is 0 Å². The highest BCUT2D eigenvalue weighted by molar-refractivity contribution is 7.92. The van der Waals surface area contributed by atoms with E-state index in [2.05, 4.69) is 5.32 Å². The van der Waals surface area contributed by atoms with Gasteiger partial charge in [-0.2, -0.15) is 0 Å². The van der Waals surface area contributed by atoms with Crippen LogP contribution in [0.4, 0.5) is 5.69 Å². The predicted molar refractivity (Wildman–Crippen MR) is 149 cm³/mol. The van der Waals surface area contributed by atoms with Crippen LogP contribution in [0, 0.1) is 6.92 Å². The van der Waals surface area contributed by atoms with Gasteiger partial charge >= 0.3 is 0 Å². The first kappa shape index (κ1) is 30.4. The molecular formula is C27H38ClN3O5S. The second-order valence-electron chi connectivity index (χ2n) is 8.95. The SMILES string of the molecule is CCCNC(=O)C(CC)N(Cc1ccc(OC)cc1)C(=O)CCCN(c1cc(Cl)ccc1C)S(C)(=O)=O. The van der Waals surface area contributed by atoms with Gasteiger partial charge in [0.1, 0.15) is 11.8 Å². The molecule has 2 amide bonds. The summed E-state index contributed by atoms with van der Waals surface area (Å²) >= 11 is 6.12. The Hall–Kier alpha value is -2.78. The maximum atomic E-state index is 13.5. The van der Waals surface area contributed by atoms with Crippen LogP contribution in [0.25, 0.3) is 0 Å². The number of methoxy groups -OCH3 is 1. The second-order valence-corrected chi connectivity index (χ2v) is 11.3. The maximum absolute atomic E-state index is 13.5. The number of nitrogens with zero attached hydrogens (tertiary/aromatic N) is 2. The zero-order valence-corrected chi connectivity index (χ0v) is 23.9. The summed E-state index contributed by atoms with van der Waals surface area (Å²) in [5, 5.41) is 3.33. The Balaban J connectivity index is 2.24. The number of rotatable bonds is 14. The van der Waals surface area contributed by atoms with Crippen molar-refractivity contribution in [1.82, 2.24) is 10.2 Å². The molecule has 0 spiro atoms. The van der Waals surface area contributed by atoms with E-state index in [0.717, 1.165) is 23.8 Å². The smallest absolute Gasteiger partial charge is 0.242 e. The van der Waals surface area contributed by atoms with Gasteiger partial charge in [0.25, 0.3) is 0 Å². The third-order valence-corrected chi connectivity index (χ3v) is 7.45. The van der Waals surface area contributed by atoms with Crippen LogP contribution in [0.5, 0.6) is 5.75 Å². The average Bonchev–Trinajstić information content (AvgIpc) is 2.86. The van der Waals surface area contributed by atoms with Gasteiger partial charge in [0, 0.05) is 31.1 Å². The zero-order valence-electron chi connectivity index (χ0n) is 22.3. The number of halogens is 1. The van der Waals surface area contributed by atoms with Gasteiger partial charge in [0.05, 0.1) is 19.1 Å². The van der Waals surface area contributed by atoms with Crippen molar-refractivity contribution in [3.05, 3.63) is 58.6 Å². The molecule has 0 heterocycles. The molecule has 0 radical (unpaired) electrons. The predicted octanol–water partition coefficient (Wildman–Crippen LogP) is 4.54. The Morgan fingerprint density at radius 3 is 2.35 bits per heavy atom. The van der Waals surface area contributed by atoms with Crippen molar-refractivity contribution in [2.45, 2.75) is 59.0 Å². The van der Waals surface area contributed by atoms with Crippen LogP contribution in [-0.2, 0) is 26.2 Å². The van der Waals surface area contributed by atoms with Crippen LogP contribution >= 0.6 is 11.6 Å². The number of hydrogen-bond donors (Lipinski definition) is 1. The van der Waals surface area contributed by atoms with E-state index in [-0.39, 0.29) is 37.7 Å². The highest BCUT2D eigenvalue weighted by Gasteiger charge is 2.29. The lowest BCUT2D eigenvalue weighted by atomic mass is 10.1. The molecule has 0 saturated heterocycles. The van der Waals surface area contributed by atoms with E-state index in [1.807, 2.05) is 45.0 Å². The molecule has 0 saturated carbocycles. The molecule has 0 aliphatic carbocycles. The van der Waals surface area contributed by atoms with Crippen molar-refractivity contribution in [2.75, 3.05) is 30.8 Å². The first-order chi connectivity index (χ1) is 17.5. The van der Waals surface area contributed by atoms with Crippen molar-refractivity contribution in [3.63, 3.8) is 0 Å². The van der Waals surface area contributed by atoms with Crippen molar-refractivity contribution < 1.29 is 22.7 Å². The zero-order chi connectivity index (χ0) is 27.6. The molecule has 37 heavy (non-hydrogen) atoms.